The summed E-state index contributed by atoms with van der Waals surface area (Å²) < 4.78 is 56.8. The molecule has 0 bridgehead atoms. The van der Waals surface area contributed by atoms with Gasteiger partial charge in [-0.3, -0.25) is 0 Å². The number of benzene rings is 2. The van der Waals surface area contributed by atoms with Gasteiger partial charge in [-0.1, -0.05) is 30.3 Å². The number of carbonyl (C=O) groups is 1. The van der Waals surface area contributed by atoms with Crippen molar-refractivity contribution in [3.05, 3.63) is 65.7 Å². The summed E-state index contributed by atoms with van der Waals surface area (Å²) in [7, 11) is -6.11. The predicted molar refractivity (Wildman–Crippen MR) is 109 cm³/mol. The molecule has 1 aliphatic rings. The fourth-order valence-electron chi connectivity index (χ4n) is 3.57. The molecule has 9 heteroatoms. The molecule has 1 aliphatic heterocycles. The number of sulfone groups is 1. The Morgan fingerprint density at radius 3 is 2.14 bits per heavy atom. The largest absolute Gasteiger partial charge is 0.465 e. The zero-order chi connectivity index (χ0) is 21.2. The minimum atomic E-state index is -3.80. The van der Waals surface area contributed by atoms with Crippen molar-refractivity contribution < 1.29 is 26.4 Å². The van der Waals surface area contributed by atoms with Crippen LogP contribution in [-0.2, 0) is 24.6 Å². The first kappa shape index (κ1) is 21.5. The van der Waals surface area contributed by atoms with Gasteiger partial charge >= 0.3 is 5.97 Å². The molecule has 1 heterocycles. The monoisotopic (exact) mass is 437 g/mol. The van der Waals surface area contributed by atoms with Gasteiger partial charge in [-0.2, -0.15) is 0 Å². The minimum absolute atomic E-state index is 0.0531. The molecule has 1 fully saturated rings. The second-order valence-corrected chi connectivity index (χ2v) is 11.3. The number of esters is 1. The zero-order valence-electron chi connectivity index (χ0n) is 16.2. The molecule has 1 saturated heterocycles. The second-order valence-electron chi connectivity index (χ2n) is 7.11. The van der Waals surface area contributed by atoms with Crippen molar-refractivity contribution >= 4 is 25.8 Å². The van der Waals surface area contributed by atoms with Crippen LogP contribution in [0.25, 0.3) is 0 Å². The Balaban J connectivity index is 1.95. The van der Waals surface area contributed by atoms with Gasteiger partial charge in [0.05, 0.1) is 29.1 Å². The molecule has 7 nitrogen and oxygen atoms in total. The van der Waals surface area contributed by atoms with Crippen LogP contribution >= 0.6 is 0 Å². The highest BCUT2D eigenvalue weighted by atomic mass is 32.2. The lowest BCUT2D eigenvalue weighted by Crippen LogP contribution is -2.47. The zero-order valence-corrected chi connectivity index (χ0v) is 17.8. The number of hydrogen-bond acceptors (Lipinski definition) is 6. The van der Waals surface area contributed by atoms with Gasteiger partial charge in [0.2, 0.25) is 10.0 Å². The summed E-state index contributed by atoms with van der Waals surface area (Å²) in [4.78, 5) is 11.6. The lowest BCUT2D eigenvalue weighted by atomic mass is 9.91. The molecule has 29 heavy (non-hydrogen) atoms. The van der Waals surface area contributed by atoms with Gasteiger partial charge in [-0.15, -0.1) is 0 Å². The first-order valence-corrected chi connectivity index (χ1v) is 12.4. The molecular weight excluding hydrogens is 414 g/mol. The fraction of sp³-hybridized carbons (Fsp3) is 0.350. The molecule has 0 aromatic heterocycles. The van der Waals surface area contributed by atoms with Gasteiger partial charge in [-0.25, -0.2) is 25.9 Å². The molecule has 0 radical (unpaired) electrons. The molecule has 2 atom stereocenters. The molecule has 0 N–H and O–H groups in total. The fourth-order valence-corrected chi connectivity index (χ4v) is 6.33. The maximum absolute atomic E-state index is 13.2. The Labute approximate surface area is 171 Å². The summed E-state index contributed by atoms with van der Waals surface area (Å²) in [5.41, 5.74) is 1.15. The Hall–Kier alpha value is -2.23. The summed E-state index contributed by atoms with van der Waals surface area (Å²) in [6.07, 6.45) is 1.41. The van der Waals surface area contributed by atoms with Gasteiger partial charge in [0.15, 0.2) is 9.84 Å². The van der Waals surface area contributed by atoms with E-state index in [1.807, 2.05) is 30.3 Å². The van der Waals surface area contributed by atoms with E-state index in [0.717, 1.165) is 11.8 Å². The van der Waals surface area contributed by atoms with Crippen LogP contribution in [-0.4, -0.2) is 58.8 Å². The van der Waals surface area contributed by atoms with E-state index in [1.165, 1.54) is 35.7 Å². The van der Waals surface area contributed by atoms with E-state index in [0.29, 0.717) is 6.42 Å². The van der Waals surface area contributed by atoms with Crippen molar-refractivity contribution in [1.82, 2.24) is 4.31 Å². The highest BCUT2D eigenvalue weighted by molar-refractivity contribution is 7.92. The summed E-state index contributed by atoms with van der Waals surface area (Å²) in [5, 5.41) is -0.889. The number of carbonyl (C=O) groups excluding carboxylic acids is 1. The SMILES string of the molecule is COC(=O)c1ccc(S(=O)(=O)C2CC(c3ccccc3)CN(S(C)(=O)=O)C2)cc1. The van der Waals surface area contributed by atoms with E-state index in [1.54, 1.807) is 0 Å². The number of sulfonamides is 1. The van der Waals surface area contributed by atoms with Crippen molar-refractivity contribution in [1.29, 1.82) is 0 Å². The average Bonchev–Trinajstić information content (AvgIpc) is 2.73. The molecule has 3 rings (SSSR count). The van der Waals surface area contributed by atoms with Gasteiger partial charge in [0, 0.05) is 13.1 Å². The summed E-state index contributed by atoms with van der Waals surface area (Å²) in [5.74, 6) is -0.784. The van der Waals surface area contributed by atoms with Gasteiger partial charge in [0.1, 0.15) is 0 Å². The normalized spacial score (nSPS) is 20.9. The number of methoxy groups -OCH3 is 1. The number of rotatable bonds is 5. The van der Waals surface area contributed by atoms with Crippen molar-refractivity contribution in [3.63, 3.8) is 0 Å². The topological polar surface area (TPSA) is 97.8 Å². The quantitative estimate of drug-likeness (QED) is 0.664. The van der Waals surface area contributed by atoms with E-state index >= 15 is 0 Å². The third-order valence-corrected chi connectivity index (χ3v) is 8.55. The van der Waals surface area contributed by atoms with Crippen molar-refractivity contribution in [2.75, 3.05) is 26.5 Å². The molecular formula is C20H23NO6S2. The maximum Gasteiger partial charge on any atom is 0.337 e. The first-order valence-electron chi connectivity index (χ1n) is 9.05. The average molecular weight is 438 g/mol. The van der Waals surface area contributed by atoms with Crippen LogP contribution in [0.3, 0.4) is 0 Å². The van der Waals surface area contributed by atoms with E-state index < -0.39 is 31.1 Å². The Morgan fingerprint density at radius 1 is 0.966 bits per heavy atom. The first-order chi connectivity index (χ1) is 13.6. The van der Waals surface area contributed by atoms with E-state index in [9.17, 15) is 21.6 Å². The van der Waals surface area contributed by atoms with Gasteiger partial charge in [0.25, 0.3) is 0 Å². The van der Waals surface area contributed by atoms with Crippen LogP contribution in [0.15, 0.2) is 59.5 Å². The van der Waals surface area contributed by atoms with Crippen molar-refractivity contribution in [2.45, 2.75) is 22.5 Å². The van der Waals surface area contributed by atoms with E-state index in [2.05, 4.69) is 4.74 Å². The van der Waals surface area contributed by atoms with Gasteiger partial charge in [-0.05, 0) is 42.2 Å². The van der Waals surface area contributed by atoms with Crippen LogP contribution in [0, 0.1) is 0 Å². The molecule has 0 amide bonds. The molecule has 0 spiro atoms. The molecule has 2 aromatic rings. The highest BCUT2D eigenvalue weighted by Crippen LogP contribution is 2.33. The number of nitrogens with zero attached hydrogens (tertiary/aromatic N) is 1. The minimum Gasteiger partial charge on any atom is -0.465 e. The number of hydrogen-bond donors (Lipinski definition) is 0. The summed E-state index contributed by atoms with van der Waals surface area (Å²) >= 11 is 0. The summed E-state index contributed by atoms with van der Waals surface area (Å²) in [6, 6.07) is 14.8. The van der Waals surface area contributed by atoms with Crippen LogP contribution in [0.2, 0.25) is 0 Å². The van der Waals surface area contributed by atoms with Crippen molar-refractivity contribution in [3.8, 4) is 0 Å². The van der Waals surface area contributed by atoms with Gasteiger partial charge < -0.3 is 4.74 Å². The summed E-state index contributed by atoms with van der Waals surface area (Å²) in [6.45, 7) is 0.152. The number of piperidine rings is 1. The molecule has 2 aromatic carbocycles. The lowest BCUT2D eigenvalue weighted by Gasteiger charge is -2.36. The molecule has 0 saturated carbocycles. The highest BCUT2D eigenvalue weighted by Gasteiger charge is 2.39. The molecule has 2 unspecified atom stereocenters. The molecule has 0 aliphatic carbocycles. The van der Waals surface area contributed by atoms with Crippen LogP contribution in [0.4, 0.5) is 0 Å². The third kappa shape index (κ3) is 4.68. The van der Waals surface area contributed by atoms with Crippen LogP contribution in [0.1, 0.15) is 28.3 Å². The number of ether oxygens (including phenoxy) is 1. The van der Waals surface area contributed by atoms with Crippen molar-refractivity contribution in [2.24, 2.45) is 0 Å². The van der Waals surface area contributed by atoms with E-state index in [4.69, 9.17) is 0 Å². The smallest absolute Gasteiger partial charge is 0.337 e. The van der Waals surface area contributed by atoms with Crippen LogP contribution < -0.4 is 0 Å². The Morgan fingerprint density at radius 2 is 1.59 bits per heavy atom. The van der Waals surface area contributed by atoms with Crippen LogP contribution in [0.5, 0.6) is 0 Å². The maximum atomic E-state index is 13.2. The third-order valence-electron chi connectivity index (χ3n) is 5.16. The lowest BCUT2D eigenvalue weighted by molar-refractivity contribution is 0.0600. The van der Waals surface area contributed by atoms with E-state index in [-0.39, 0.29) is 29.5 Å². The standard InChI is InChI=1S/C20H23NO6S2/c1-27-20(22)16-8-10-18(11-9-16)29(25,26)19-12-17(15-6-4-3-5-7-15)13-21(14-19)28(2,23)24/h3-11,17,19H,12-14H2,1-2H3. The Kier molecular flexibility index (Phi) is 6.11. The Bertz CT molecular complexity index is 1080. The predicted octanol–water partition coefficient (Wildman–Crippen LogP) is 2.06. The second kappa shape index (κ2) is 8.25. The molecule has 156 valence electrons.